The predicted octanol–water partition coefficient (Wildman–Crippen LogP) is 2.24. The molecule has 0 spiro atoms. The summed E-state index contributed by atoms with van der Waals surface area (Å²) in [5.74, 6) is 0.0773. The average Bonchev–Trinajstić information content (AvgIpc) is 3.13. The van der Waals surface area contributed by atoms with E-state index >= 15 is 0 Å². The summed E-state index contributed by atoms with van der Waals surface area (Å²) in [5, 5.41) is 0. The van der Waals surface area contributed by atoms with Crippen LogP contribution in [-0.4, -0.2) is 39.8 Å². The summed E-state index contributed by atoms with van der Waals surface area (Å²) in [7, 11) is 0. The second-order valence-corrected chi connectivity index (χ2v) is 7.13. The van der Waals surface area contributed by atoms with E-state index in [9.17, 15) is 9.59 Å². The van der Waals surface area contributed by atoms with Gasteiger partial charge in [-0.2, -0.15) is 0 Å². The molecule has 0 radical (unpaired) electrons. The maximum absolute atomic E-state index is 13.0. The SMILES string of the molecule is Cc1ccn2c(=O)c(C(=O)N3C[C@@H](CN)[C@H](c4ccccc4)C3)cnc2c1.Cl. The Morgan fingerprint density at radius 1 is 1.21 bits per heavy atom. The molecule has 2 atom stereocenters. The van der Waals surface area contributed by atoms with Gasteiger partial charge in [0.1, 0.15) is 11.2 Å². The highest BCUT2D eigenvalue weighted by Crippen LogP contribution is 2.32. The number of hydrogen-bond donors (Lipinski definition) is 1. The van der Waals surface area contributed by atoms with Crippen molar-refractivity contribution >= 4 is 24.0 Å². The number of carbonyl (C=O) groups is 1. The van der Waals surface area contributed by atoms with Gasteiger partial charge in [0.25, 0.3) is 11.5 Å². The van der Waals surface area contributed by atoms with Gasteiger partial charge in [-0.3, -0.25) is 14.0 Å². The summed E-state index contributed by atoms with van der Waals surface area (Å²) in [5.41, 5.74) is 8.45. The van der Waals surface area contributed by atoms with Crippen LogP contribution < -0.4 is 11.3 Å². The lowest BCUT2D eigenvalue weighted by molar-refractivity contribution is 0.0784. The molecule has 3 heterocycles. The number of hydrogen-bond acceptors (Lipinski definition) is 4. The number of amides is 1. The van der Waals surface area contributed by atoms with E-state index < -0.39 is 0 Å². The predicted molar refractivity (Wildman–Crippen MR) is 111 cm³/mol. The van der Waals surface area contributed by atoms with Gasteiger partial charge in [0.2, 0.25) is 0 Å². The first-order valence-corrected chi connectivity index (χ1v) is 9.11. The van der Waals surface area contributed by atoms with Gasteiger partial charge in [-0.25, -0.2) is 4.98 Å². The van der Waals surface area contributed by atoms with Gasteiger partial charge in [0.05, 0.1) is 0 Å². The number of nitrogens with zero attached hydrogens (tertiary/aromatic N) is 3. The molecule has 2 N–H and O–H groups in total. The zero-order valence-corrected chi connectivity index (χ0v) is 16.4. The number of aromatic nitrogens is 2. The van der Waals surface area contributed by atoms with Crippen molar-refractivity contribution in [3.8, 4) is 0 Å². The maximum Gasteiger partial charge on any atom is 0.270 e. The third-order valence-electron chi connectivity index (χ3n) is 5.35. The molecule has 3 aromatic rings. The fourth-order valence-corrected chi connectivity index (χ4v) is 3.85. The summed E-state index contributed by atoms with van der Waals surface area (Å²) < 4.78 is 1.42. The van der Waals surface area contributed by atoms with Crippen LogP contribution >= 0.6 is 12.4 Å². The molecule has 1 aliphatic rings. The van der Waals surface area contributed by atoms with Crippen LogP contribution in [0, 0.1) is 12.8 Å². The standard InChI is InChI=1S/C21H22N4O2.ClH/c1-14-7-8-25-19(9-14)23-11-17(21(25)27)20(26)24-12-16(10-22)18(13-24)15-5-3-2-4-6-15;/h2-9,11,16,18H,10,12-13,22H2,1H3;1H/t16-,18+;/m1./s1. The van der Waals surface area contributed by atoms with Gasteiger partial charge < -0.3 is 10.6 Å². The first-order valence-electron chi connectivity index (χ1n) is 9.11. The molecule has 0 aliphatic carbocycles. The zero-order chi connectivity index (χ0) is 19.0. The Morgan fingerprint density at radius 2 is 1.96 bits per heavy atom. The molecule has 6 nitrogen and oxygen atoms in total. The van der Waals surface area contributed by atoms with Crippen molar-refractivity contribution in [2.45, 2.75) is 12.8 Å². The van der Waals surface area contributed by atoms with E-state index in [0.717, 1.165) is 5.56 Å². The van der Waals surface area contributed by atoms with Crippen molar-refractivity contribution < 1.29 is 4.79 Å². The molecule has 1 fully saturated rings. The lowest BCUT2D eigenvalue weighted by Gasteiger charge is -2.16. The van der Waals surface area contributed by atoms with E-state index in [1.54, 1.807) is 11.1 Å². The number of fused-ring (bicyclic) bond motifs is 1. The molecular weight excluding hydrogens is 376 g/mol. The van der Waals surface area contributed by atoms with Crippen LogP contribution in [0.5, 0.6) is 0 Å². The van der Waals surface area contributed by atoms with Crippen molar-refractivity contribution in [3.63, 3.8) is 0 Å². The largest absolute Gasteiger partial charge is 0.337 e. The minimum Gasteiger partial charge on any atom is -0.337 e. The molecular formula is C21H23ClN4O2. The maximum atomic E-state index is 13.0. The Labute approximate surface area is 169 Å². The number of halogens is 1. The Bertz CT molecular complexity index is 1050. The summed E-state index contributed by atoms with van der Waals surface area (Å²) in [6.45, 7) is 3.54. The van der Waals surface area contributed by atoms with E-state index in [4.69, 9.17) is 5.73 Å². The van der Waals surface area contributed by atoms with Crippen molar-refractivity contribution in [2.24, 2.45) is 11.7 Å². The van der Waals surface area contributed by atoms with E-state index in [-0.39, 0.29) is 41.3 Å². The molecule has 146 valence electrons. The molecule has 7 heteroatoms. The summed E-state index contributed by atoms with van der Waals surface area (Å²) in [4.78, 5) is 31.9. The molecule has 0 unspecified atom stereocenters. The van der Waals surface area contributed by atoms with Crippen molar-refractivity contribution in [3.05, 3.63) is 81.9 Å². The highest BCUT2D eigenvalue weighted by Gasteiger charge is 2.36. The van der Waals surface area contributed by atoms with Crippen molar-refractivity contribution in [2.75, 3.05) is 19.6 Å². The Morgan fingerprint density at radius 3 is 2.68 bits per heavy atom. The normalized spacial score (nSPS) is 18.9. The van der Waals surface area contributed by atoms with Gasteiger partial charge in [-0.1, -0.05) is 30.3 Å². The Kier molecular flexibility index (Phi) is 5.82. The molecule has 0 bridgehead atoms. The van der Waals surface area contributed by atoms with Crippen LogP contribution in [0.1, 0.15) is 27.4 Å². The highest BCUT2D eigenvalue weighted by atomic mass is 35.5. The molecule has 4 rings (SSSR count). The van der Waals surface area contributed by atoms with E-state index in [1.807, 2.05) is 37.3 Å². The number of pyridine rings is 1. The van der Waals surface area contributed by atoms with E-state index in [2.05, 4.69) is 17.1 Å². The molecule has 1 aromatic carbocycles. The molecule has 1 amide bonds. The van der Waals surface area contributed by atoms with Crippen LogP contribution in [0.3, 0.4) is 0 Å². The van der Waals surface area contributed by atoms with Crippen molar-refractivity contribution in [1.29, 1.82) is 0 Å². The van der Waals surface area contributed by atoms with Crippen LogP contribution in [0.25, 0.3) is 5.65 Å². The second kappa shape index (κ2) is 8.12. The molecule has 1 saturated heterocycles. The number of rotatable bonds is 3. The van der Waals surface area contributed by atoms with Crippen molar-refractivity contribution in [1.82, 2.24) is 14.3 Å². The van der Waals surface area contributed by atoms with Gasteiger partial charge >= 0.3 is 0 Å². The Hall–Kier alpha value is -2.70. The number of likely N-dealkylation sites (tertiary alicyclic amines) is 1. The average molecular weight is 399 g/mol. The van der Waals surface area contributed by atoms with Gasteiger partial charge in [0.15, 0.2) is 0 Å². The fraction of sp³-hybridized carbons (Fsp3) is 0.286. The third-order valence-corrected chi connectivity index (χ3v) is 5.35. The molecule has 2 aromatic heterocycles. The lowest BCUT2D eigenvalue weighted by Crippen LogP contribution is -2.35. The van der Waals surface area contributed by atoms with E-state index in [0.29, 0.717) is 25.3 Å². The van der Waals surface area contributed by atoms with E-state index in [1.165, 1.54) is 16.2 Å². The quantitative estimate of drug-likeness (QED) is 0.733. The molecule has 28 heavy (non-hydrogen) atoms. The second-order valence-electron chi connectivity index (χ2n) is 7.13. The summed E-state index contributed by atoms with van der Waals surface area (Å²) >= 11 is 0. The summed E-state index contributed by atoms with van der Waals surface area (Å²) in [6, 6.07) is 13.7. The number of benzene rings is 1. The number of carbonyl (C=O) groups excluding carboxylic acids is 1. The zero-order valence-electron chi connectivity index (χ0n) is 15.6. The number of aryl methyl sites for hydroxylation is 1. The van der Waals surface area contributed by atoms with Gasteiger partial charge in [-0.15, -0.1) is 12.4 Å². The first kappa shape index (κ1) is 20.0. The van der Waals surface area contributed by atoms with Crippen LogP contribution in [0.15, 0.2) is 59.7 Å². The van der Waals surface area contributed by atoms with Crippen LogP contribution in [0.2, 0.25) is 0 Å². The minimum atomic E-state index is -0.336. The van der Waals surface area contributed by atoms with Gasteiger partial charge in [-0.05, 0) is 42.6 Å². The monoisotopic (exact) mass is 398 g/mol. The smallest absolute Gasteiger partial charge is 0.270 e. The first-order chi connectivity index (χ1) is 13.1. The summed E-state index contributed by atoms with van der Waals surface area (Å²) in [6.07, 6.45) is 3.06. The lowest BCUT2D eigenvalue weighted by atomic mass is 9.89. The van der Waals surface area contributed by atoms with Crippen LogP contribution in [-0.2, 0) is 0 Å². The molecule has 0 saturated carbocycles. The van der Waals surface area contributed by atoms with Crippen LogP contribution in [0.4, 0.5) is 0 Å². The molecule has 1 aliphatic heterocycles. The number of nitrogens with two attached hydrogens (primary N) is 1. The Balaban J connectivity index is 0.00000225. The highest BCUT2D eigenvalue weighted by molar-refractivity contribution is 5.94. The minimum absolute atomic E-state index is 0. The third kappa shape index (κ3) is 3.53. The topological polar surface area (TPSA) is 80.7 Å². The fourth-order valence-electron chi connectivity index (χ4n) is 3.85. The van der Waals surface area contributed by atoms with Gasteiger partial charge in [0, 0.05) is 31.4 Å².